The van der Waals surface area contributed by atoms with Gasteiger partial charge in [-0.05, 0) is 44.9 Å². The SMILES string of the molecule is Cc1c(C(=O)c2ccco2)c(O)n(CCCOC(C)C)c(=O)c1C#N. The van der Waals surface area contributed by atoms with E-state index in [4.69, 9.17) is 9.15 Å². The van der Waals surface area contributed by atoms with Crippen LogP contribution in [0.4, 0.5) is 0 Å². The van der Waals surface area contributed by atoms with Crippen LogP contribution in [0.15, 0.2) is 27.6 Å². The first-order valence-electron chi connectivity index (χ1n) is 7.94. The lowest BCUT2D eigenvalue weighted by molar-refractivity contribution is 0.0743. The van der Waals surface area contributed by atoms with Crippen molar-refractivity contribution in [3.8, 4) is 11.9 Å². The number of nitrogens with zero attached hydrogens (tertiary/aromatic N) is 2. The average Bonchev–Trinajstić information content (AvgIpc) is 3.08. The van der Waals surface area contributed by atoms with E-state index in [9.17, 15) is 20.0 Å². The summed E-state index contributed by atoms with van der Waals surface area (Å²) in [4.78, 5) is 25.0. The minimum Gasteiger partial charge on any atom is -0.494 e. The van der Waals surface area contributed by atoms with Gasteiger partial charge in [0.05, 0.1) is 17.9 Å². The number of furan rings is 1. The van der Waals surface area contributed by atoms with Crippen LogP contribution in [0, 0.1) is 18.3 Å². The Morgan fingerprint density at radius 1 is 1.48 bits per heavy atom. The van der Waals surface area contributed by atoms with Crippen LogP contribution in [0.5, 0.6) is 5.88 Å². The van der Waals surface area contributed by atoms with Crippen LogP contribution < -0.4 is 5.56 Å². The van der Waals surface area contributed by atoms with Crippen LogP contribution in [0.25, 0.3) is 0 Å². The maximum atomic E-state index is 12.6. The molecule has 0 aromatic carbocycles. The molecule has 0 saturated carbocycles. The number of aromatic nitrogens is 1. The van der Waals surface area contributed by atoms with E-state index < -0.39 is 17.2 Å². The first-order valence-corrected chi connectivity index (χ1v) is 7.94. The Morgan fingerprint density at radius 2 is 2.20 bits per heavy atom. The second-order valence-electron chi connectivity index (χ2n) is 5.85. The van der Waals surface area contributed by atoms with Crippen LogP contribution in [0.1, 0.15) is 47.5 Å². The van der Waals surface area contributed by atoms with Crippen molar-refractivity contribution < 1.29 is 19.1 Å². The fourth-order valence-corrected chi connectivity index (χ4v) is 2.50. The van der Waals surface area contributed by atoms with E-state index in [0.717, 1.165) is 4.57 Å². The number of hydrogen-bond donors (Lipinski definition) is 1. The molecule has 2 rings (SSSR count). The molecule has 0 unspecified atom stereocenters. The molecule has 25 heavy (non-hydrogen) atoms. The van der Waals surface area contributed by atoms with Gasteiger partial charge in [0.1, 0.15) is 11.6 Å². The Kier molecular flexibility index (Phi) is 5.78. The highest BCUT2D eigenvalue weighted by Crippen LogP contribution is 2.25. The highest BCUT2D eigenvalue weighted by atomic mass is 16.5. The molecule has 2 heterocycles. The molecule has 132 valence electrons. The lowest BCUT2D eigenvalue weighted by Crippen LogP contribution is -2.27. The van der Waals surface area contributed by atoms with Crippen molar-refractivity contribution in [1.29, 1.82) is 5.26 Å². The molecule has 0 aliphatic carbocycles. The molecule has 7 heteroatoms. The van der Waals surface area contributed by atoms with Gasteiger partial charge in [-0.2, -0.15) is 5.26 Å². The van der Waals surface area contributed by atoms with Crippen molar-refractivity contribution in [3.05, 3.63) is 51.2 Å². The molecular formula is C18H20N2O5. The third-order valence-electron chi connectivity index (χ3n) is 3.75. The molecule has 0 bridgehead atoms. The van der Waals surface area contributed by atoms with E-state index in [1.165, 1.54) is 19.3 Å². The monoisotopic (exact) mass is 344 g/mol. The van der Waals surface area contributed by atoms with Crippen LogP contribution in [-0.4, -0.2) is 28.2 Å². The highest BCUT2D eigenvalue weighted by Gasteiger charge is 2.26. The predicted molar refractivity (Wildman–Crippen MR) is 89.7 cm³/mol. The van der Waals surface area contributed by atoms with Gasteiger partial charge in [0.15, 0.2) is 5.76 Å². The van der Waals surface area contributed by atoms with Gasteiger partial charge in [-0.15, -0.1) is 0 Å². The van der Waals surface area contributed by atoms with Crippen molar-refractivity contribution in [1.82, 2.24) is 4.57 Å². The second-order valence-corrected chi connectivity index (χ2v) is 5.85. The standard InChI is InChI=1S/C18H20N2O5/c1-11(2)24-9-5-7-20-17(22)13(10-19)12(3)15(18(20)23)16(21)14-6-4-8-25-14/h4,6,8,11,23H,5,7,9H2,1-3H3. The molecule has 0 aliphatic rings. The lowest BCUT2D eigenvalue weighted by Gasteiger charge is -2.15. The molecule has 0 aliphatic heterocycles. The van der Waals surface area contributed by atoms with Gasteiger partial charge < -0.3 is 14.3 Å². The summed E-state index contributed by atoms with van der Waals surface area (Å²) in [5.74, 6) is -1.02. The number of hydrogen-bond acceptors (Lipinski definition) is 6. The third kappa shape index (κ3) is 3.80. The van der Waals surface area contributed by atoms with E-state index >= 15 is 0 Å². The molecule has 0 atom stereocenters. The van der Waals surface area contributed by atoms with E-state index in [1.54, 1.807) is 6.07 Å². The zero-order valence-electron chi connectivity index (χ0n) is 14.4. The van der Waals surface area contributed by atoms with Crippen LogP contribution >= 0.6 is 0 Å². The number of rotatable bonds is 7. The van der Waals surface area contributed by atoms with Crippen molar-refractivity contribution in [2.45, 2.75) is 39.8 Å². The topological polar surface area (TPSA) is 105 Å². The maximum Gasteiger partial charge on any atom is 0.271 e. The molecule has 1 N–H and O–H groups in total. The first kappa shape index (κ1) is 18.5. The Bertz CT molecular complexity index is 857. The summed E-state index contributed by atoms with van der Waals surface area (Å²) >= 11 is 0. The molecule has 0 radical (unpaired) electrons. The minimum atomic E-state index is -0.627. The number of carbonyl (C=O) groups is 1. The Balaban J connectivity index is 2.46. The number of aromatic hydroxyl groups is 1. The molecule has 0 saturated heterocycles. The number of carbonyl (C=O) groups excluding carboxylic acids is 1. The van der Waals surface area contributed by atoms with E-state index in [-0.39, 0.29) is 35.1 Å². The Morgan fingerprint density at radius 3 is 2.76 bits per heavy atom. The molecule has 2 aromatic rings. The zero-order valence-corrected chi connectivity index (χ0v) is 14.4. The van der Waals surface area contributed by atoms with Crippen LogP contribution in [0.2, 0.25) is 0 Å². The minimum absolute atomic E-state index is 0.0237. The number of pyridine rings is 1. The lowest BCUT2D eigenvalue weighted by atomic mass is 10.0. The molecule has 0 fully saturated rings. The van der Waals surface area contributed by atoms with Gasteiger partial charge in [-0.25, -0.2) is 0 Å². The second kappa shape index (κ2) is 7.81. The normalized spacial score (nSPS) is 10.8. The van der Waals surface area contributed by atoms with Crippen LogP contribution in [0.3, 0.4) is 0 Å². The fraction of sp³-hybridized carbons (Fsp3) is 0.389. The van der Waals surface area contributed by atoms with Gasteiger partial charge in [-0.1, -0.05) is 0 Å². The smallest absolute Gasteiger partial charge is 0.271 e. The zero-order chi connectivity index (χ0) is 18.6. The number of ketones is 1. The van der Waals surface area contributed by atoms with Crippen molar-refractivity contribution in [2.24, 2.45) is 0 Å². The summed E-state index contributed by atoms with van der Waals surface area (Å²) in [5.41, 5.74) is -0.757. The molecule has 7 nitrogen and oxygen atoms in total. The summed E-state index contributed by atoms with van der Waals surface area (Å²) in [6, 6.07) is 4.83. The van der Waals surface area contributed by atoms with Gasteiger partial charge in [-0.3, -0.25) is 14.2 Å². The van der Waals surface area contributed by atoms with E-state index in [2.05, 4.69) is 0 Å². The summed E-state index contributed by atoms with van der Waals surface area (Å²) in [5, 5.41) is 19.8. The summed E-state index contributed by atoms with van der Waals surface area (Å²) in [7, 11) is 0. The summed E-state index contributed by atoms with van der Waals surface area (Å²) in [6.07, 6.45) is 1.84. The number of nitriles is 1. The average molecular weight is 344 g/mol. The molecule has 2 aromatic heterocycles. The predicted octanol–water partition coefficient (Wildman–Crippen LogP) is 2.37. The van der Waals surface area contributed by atoms with E-state index in [0.29, 0.717) is 13.0 Å². The Hall–Kier alpha value is -2.85. The summed E-state index contributed by atoms with van der Waals surface area (Å²) < 4.78 is 11.5. The van der Waals surface area contributed by atoms with Crippen LogP contribution in [-0.2, 0) is 11.3 Å². The van der Waals surface area contributed by atoms with Gasteiger partial charge in [0.2, 0.25) is 11.7 Å². The fourth-order valence-electron chi connectivity index (χ4n) is 2.50. The maximum absolute atomic E-state index is 12.6. The first-order chi connectivity index (χ1) is 11.9. The number of ether oxygens (including phenoxy) is 1. The van der Waals surface area contributed by atoms with Crippen molar-refractivity contribution in [3.63, 3.8) is 0 Å². The third-order valence-corrected chi connectivity index (χ3v) is 3.75. The largest absolute Gasteiger partial charge is 0.494 e. The van der Waals surface area contributed by atoms with Gasteiger partial charge in [0.25, 0.3) is 5.56 Å². The molecule has 0 spiro atoms. The molecular weight excluding hydrogens is 324 g/mol. The quantitative estimate of drug-likeness (QED) is 0.610. The summed E-state index contributed by atoms with van der Waals surface area (Å²) in [6.45, 7) is 5.76. The van der Waals surface area contributed by atoms with Crippen molar-refractivity contribution in [2.75, 3.05) is 6.61 Å². The van der Waals surface area contributed by atoms with Gasteiger partial charge >= 0.3 is 0 Å². The molecule has 0 amide bonds. The Labute approximate surface area is 145 Å². The van der Waals surface area contributed by atoms with E-state index in [1.807, 2.05) is 19.9 Å². The van der Waals surface area contributed by atoms with Gasteiger partial charge in [0, 0.05) is 13.2 Å². The van der Waals surface area contributed by atoms with Crippen molar-refractivity contribution >= 4 is 5.78 Å². The highest BCUT2D eigenvalue weighted by molar-refractivity contribution is 6.09.